The SMILES string of the molecule is COc1cc2nc(CN3CCC(c4ncc[nH]4)CC3)[nH]c(=O)c2cc1OC. The maximum absolute atomic E-state index is 12.5. The molecule has 1 aliphatic heterocycles. The molecule has 0 spiro atoms. The molecular formula is C19H23N5O3. The molecular weight excluding hydrogens is 346 g/mol. The van der Waals surface area contributed by atoms with Gasteiger partial charge in [-0.15, -0.1) is 0 Å². The number of imidazole rings is 1. The Morgan fingerprint density at radius 1 is 1.19 bits per heavy atom. The minimum atomic E-state index is -0.165. The fraction of sp³-hybridized carbons (Fsp3) is 0.421. The van der Waals surface area contributed by atoms with E-state index in [0.717, 1.165) is 31.8 Å². The van der Waals surface area contributed by atoms with Gasteiger partial charge < -0.3 is 19.4 Å². The summed E-state index contributed by atoms with van der Waals surface area (Å²) in [4.78, 5) is 29.9. The van der Waals surface area contributed by atoms with Gasteiger partial charge in [-0.05, 0) is 32.0 Å². The molecule has 0 atom stereocenters. The Balaban J connectivity index is 1.52. The molecule has 0 radical (unpaired) electrons. The summed E-state index contributed by atoms with van der Waals surface area (Å²) in [6, 6.07) is 3.41. The van der Waals surface area contributed by atoms with Crippen LogP contribution in [0.25, 0.3) is 10.9 Å². The molecule has 2 N–H and O–H groups in total. The maximum Gasteiger partial charge on any atom is 0.258 e. The topological polar surface area (TPSA) is 96.1 Å². The Morgan fingerprint density at radius 2 is 1.93 bits per heavy atom. The van der Waals surface area contributed by atoms with Crippen LogP contribution >= 0.6 is 0 Å². The maximum atomic E-state index is 12.5. The first-order chi connectivity index (χ1) is 13.2. The van der Waals surface area contributed by atoms with E-state index < -0.39 is 0 Å². The molecule has 1 aliphatic rings. The van der Waals surface area contributed by atoms with Gasteiger partial charge in [0.25, 0.3) is 5.56 Å². The minimum absolute atomic E-state index is 0.165. The van der Waals surface area contributed by atoms with Gasteiger partial charge in [0.05, 0.1) is 31.7 Å². The minimum Gasteiger partial charge on any atom is -0.493 e. The van der Waals surface area contributed by atoms with Crippen molar-refractivity contribution in [3.63, 3.8) is 0 Å². The van der Waals surface area contributed by atoms with Gasteiger partial charge in [-0.1, -0.05) is 0 Å². The van der Waals surface area contributed by atoms with Crippen LogP contribution in [0, 0.1) is 0 Å². The number of aromatic nitrogens is 4. The van der Waals surface area contributed by atoms with Crippen molar-refractivity contribution >= 4 is 10.9 Å². The van der Waals surface area contributed by atoms with Crippen LogP contribution in [-0.2, 0) is 6.54 Å². The lowest BCUT2D eigenvalue weighted by molar-refractivity contribution is 0.198. The number of rotatable bonds is 5. The largest absolute Gasteiger partial charge is 0.493 e. The van der Waals surface area contributed by atoms with Crippen molar-refractivity contribution in [1.82, 2.24) is 24.8 Å². The molecule has 8 nitrogen and oxygen atoms in total. The van der Waals surface area contributed by atoms with Crippen LogP contribution in [0.3, 0.4) is 0 Å². The molecule has 0 unspecified atom stereocenters. The normalized spacial score (nSPS) is 15.9. The molecule has 4 rings (SSSR count). The number of fused-ring (bicyclic) bond motifs is 1. The van der Waals surface area contributed by atoms with Crippen molar-refractivity contribution < 1.29 is 9.47 Å². The van der Waals surface area contributed by atoms with Crippen LogP contribution in [-0.4, -0.2) is 52.1 Å². The van der Waals surface area contributed by atoms with E-state index in [-0.39, 0.29) is 5.56 Å². The summed E-state index contributed by atoms with van der Waals surface area (Å²) < 4.78 is 10.6. The molecule has 8 heteroatoms. The zero-order valence-electron chi connectivity index (χ0n) is 15.5. The molecule has 2 aromatic heterocycles. The molecule has 27 heavy (non-hydrogen) atoms. The van der Waals surface area contributed by atoms with Crippen LogP contribution in [0.5, 0.6) is 11.5 Å². The molecule has 1 fully saturated rings. The van der Waals surface area contributed by atoms with Crippen LogP contribution < -0.4 is 15.0 Å². The van der Waals surface area contributed by atoms with E-state index >= 15 is 0 Å². The lowest BCUT2D eigenvalue weighted by Gasteiger charge is -2.30. The molecule has 3 heterocycles. The van der Waals surface area contributed by atoms with Crippen molar-refractivity contribution in [2.45, 2.75) is 25.3 Å². The zero-order valence-corrected chi connectivity index (χ0v) is 15.5. The van der Waals surface area contributed by atoms with Crippen molar-refractivity contribution in [3.8, 4) is 11.5 Å². The second kappa shape index (κ2) is 7.40. The van der Waals surface area contributed by atoms with Gasteiger partial charge in [-0.3, -0.25) is 9.69 Å². The quantitative estimate of drug-likeness (QED) is 0.714. The summed E-state index contributed by atoms with van der Waals surface area (Å²) >= 11 is 0. The zero-order chi connectivity index (χ0) is 18.8. The Morgan fingerprint density at radius 3 is 2.59 bits per heavy atom. The Bertz CT molecular complexity index is 975. The highest BCUT2D eigenvalue weighted by Gasteiger charge is 2.23. The highest BCUT2D eigenvalue weighted by Crippen LogP contribution is 2.30. The first-order valence-corrected chi connectivity index (χ1v) is 9.04. The summed E-state index contributed by atoms with van der Waals surface area (Å²) in [6.45, 7) is 2.50. The summed E-state index contributed by atoms with van der Waals surface area (Å²) in [7, 11) is 3.12. The van der Waals surface area contributed by atoms with Crippen molar-refractivity contribution in [1.29, 1.82) is 0 Å². The number of hydrogen-bond acceptors (Lipinski definition) is 6. The second-order valence-corrected chi connectivity index (χ2v) is 6.76. The Labute approximate surface area is 156 Å². The van der Waals surface area contributed by atoms with Crippen LogP contribution in [0.4, 0.5) is 0 Å². The molecule has 0 aliphatic carbocycles. The molecule has 1 aromatic carbocycles. The number of methoxy groups -OCH3 is 2. The summed E-state index contributed by atoms with van der Waals surface area (Å²) in [5, 5.41) is 0.493. The average Bonchev–Trinajstić information content (AvgIpc) is 3.22. The number of nitrogens with one attached hydrogen (secondary N) is 2. The van der Waals surface area contributed by atoms with Crippen LogP contribution in [0.1, 0.15) is 30.4 Å². The van der Waals surface area contributed by atoms with Crippen LogP contribution in [0.15, 0.2) is 29.3 Å². The summed E-state index contributed by atoms with van der Waals surface area (Å²) in [6.07, 6.45) is 5.75. The van der Waals surface area contributed by atoms with E-state index in [4.69, 9.17) is 9.47 Å². The second-order valence-electron chi connectivity index (χ2n) is 6.76. The van der Waals surface area contributed by atoms with E-state index in [0.29, 0.717) is 40.7 Å². The van der Waals surface area contributed by atoms with Gasteiger partial charge in [-0.25, -0.2) is 9.97 Å². The third-order valence-electron chi connectivity index (χ3n) is 5.13. The molecule has 142 valence electrons. The third-order valence-corrected chi connectivity index (χ3v) is 5.13. The molecule has 3 aromatic rings. The number of benzene rings is 1. The summed E-state index contributed by atoms with van der Waals surface area (Å²) in [5.41, 5.74) is 0.443. The lowest BCUT2D eigenvalue weighted by atomic mass is 9.96. The van der Waals surface area contributed by atoms with E-state index in [2.05, 4.69) is 24.8 Å². The average molecular weight is 369 g/mol. The van der Waals surface area contributed by atoms with E-state index in [1.807, 2.05) is 6.20 Å². The predicted molar refractivity (Wildman–Crippen MR) is 101 cm³/mol. The van der Waals surface area contributed by atoms with E-state index in [9.17, 15) is 4.79 Å². The highest BCUT2D eigenvalue weighted by atomic mass is 16.5. The van der Waals surface area contributed by atoms with Gasteiger partial charge in [0.2, 0.25) is 0 Å². The smallest absolute Gasteiger partial charge is 0.258 e. The van der Waals surface area contributed by atoms with Crippen molar-refractivity contribution in [2.24, 2.45) is 0 Å². The summed E-state index contributed by atoms with van der Waals surface area (Å²) in [5.74, 6) is 3.28. The van der Waals surface area contributed by atoms with Gasteiger partial charge in [0.15, 0.2) is 11.5 Å². The number of nitrogens with zero attached hydrogens (tertiary/aromatic N) is 3. The number of aromatic amines is 2. The molecule has 1 saturated heterocycles. The third kappa shape index (κ3) is 3.52. The van der Waals surface area contributed by atoms with Crippen molar-refractivity contribution in [2.75, 3.05) is 27.3 Å². The molecule has 0 saturated carbocycles. The highest BCUT2D eigenvalue weighted by molar-refractivity contribution is 5.81. The molecule has 0 amide bonds. The van der Waals surface area contributed by atoms with Gasteiger partial charge >= 0.3 is 0 Å². The fourth-order valence-corrected chi connectivity index (χ4v) is 3.67. The Hall–Kier alpha value is -2.87. The van der Waals surface area contributed by atoms with Gasteiger partial charge in [0.1, 0.15) is 11.6 Å². The molecule has 0 bridgehead atoms. The Kier molecular flexibility index (Phi) is 4.81. The fourth-order valence-electron chi connectivity index (χ4n) is 3.67. The number of ether oxygens (including phenoxy) is 2. The number of H-pyrrole nitrogens is 2. The van der Waals surface area contributed by atoms with E-state index in [1.165, 1.54) is 0 Å². The number of piperidine rings is 1. The van der Waals surface area contributed by atoms with Gasteiger partial charge in [0, 0.05) is 24.4 Å². The first kappa shape index (κ1) is 17.5. The van der Waals surface area contributed by atoms with Gasteiger partial charge in [-0.2, -0.15) is 0 Å². The number of likely N-dealkylation sites (tertiary alicyclic amines) is 1. The van der Waals surface area contributed by atoms with E-state index in [1.54, 1.807) is 32.5 Å². The first-order valence-electron chi connectivity index (χ1n) is 9.04. The lowest BCUT2D eigenvalue weighted by Crippen LogP contribution is -2.34. The van der Waals surface area contributed by atoms with Crippen LogP contribution in [0.2, 0.25) is 0 Å². The van der Waals surface area contributed by atoms with Crippen molar-refractivity contribution in [3.05, 3.63) is 46.5 Å². The number of hydrogen-bond donors (Lipinski definition) is 2. The predicted octanol–water partition coefficient (Wildman–Crippen LogP) is 2.04. The standard InChI is InChI=1S/C19H23N5O3/c1-26-15-9-13-14(10-16(15)27-2)22-17(23-19(13)25)11-24-7-3-12(4-8-24)18-20-5-6-21-18/h5-6,9-10,12H,3-4,7-8,11H2,1-2H3,(H,20,21)(H,22,23,25). The monoisotopic (exact) mass is 369 g/mol.